The Morgan fingerprint density at radius 3 is 2.83 bits per heavy atom. The SMILES string of the molecule is CNC(Cc1ccc(F)c(Cl)c1)c1nccn1C. The van der Waals surface area contributed by atoms with Gasteiger partial charge in [0.1, 0.15) is 11.6 Å². The highest BCUT2D eigenvalue weighted by atomic mass is 35.5. The quantitative estimate of drug-likeness (QED) is 0.923. The standard InChI is InChI=1S/C13H15ClFN3/c1-16-12(13-17-5-6-18(13)2)8-9-3-4-11(15)10(14)7-9/h3-7,12,16H,8H2,1-2H3. The minimum absolute atomic E-state index is 0.0755. The van der Waals surface area contributed by atoms with Crippen molar-refractivity contribution >= 4 is 11.6 Å². The van der Waals surface area contributed by atoms with Crippen LogP contribution in [0.1, 0.15) is 17.4 Å². The molecule has 0 spiro atoms. The number of hydrogen-bond donors (Lipinski definition) is 1. The third-order valence-electron chi connectivity index (χ3n) is 2.94. The summed E-state index contributed by atoms with van der Waals surface area (Å²) >= 11 is 5.78. The maximum absolute atomic E-state index is 13.1. The van der Waals surface area contributed by atoms with Crippen LogP contribution in [0.25, 0.3) is 0 Å². The first-order chi connectivity index (χ1) is 8.61. The molecule has 1 aromatic carbocycles. The number of hydrogen-bond acceptors (Lipinski definition) is 2. The number of halogens is 2. The van der Waals surface area contributed by atoms with Gasteiger partial charge in [-0.3, -0.25) is 0 Å². The molecule has 0 aliphatic rings. The van der Waals surface area contributed by atoms with E-state index in [-0.39, 0.29) is 11.1 Å². The second-order valence-electron chi connectivity index (χ2n) is 4.19. The molecule has 1 N–H and O–H groups in total. The average Bonchev–Trinajstić information content (AvgIpc) is 2.77. The van der Waals surface area contributed by atoms with E-state index in [1.807, 2.05) is 24.9 Å². The van der Waals surface area contributed by atoms with Gasteiger partial charge in [0, 0.05) is 19.4 Å². The molecule has 1 heterocycles. The van der Waals surface area contributed by atoms with Crippen molar-refractivity contribution in [3.63, 3.8) is 0 Å². The Morgan fingerprint density at radius 2 is 2.28 bits per heavy atom. The van der Waals surface area contributed by atoms with Crippen molar-refractivity contribution in [3.05, 3.63) is 52.8 Å². The minimum Gasteiger partial charge on any atom is -0.337 e. The average molecular weight is 268 g/mol. The van der Waals surface area contributed by atoms with E-state index in [2.05, 4.69) is 10.3 Å². The summed E-state index contributed by atoms with van der Waals surface area (Å²) in [7, 11) is 3.83. The molecular formula is C13H15ClFN3. The number of aryl methyl sites for hydroxylation is 1. The maximum atomic E-state index is 13.1. The van der Waals surface area contributed by atoms with Crippen LogP contribution in [0, 0.1) is 5.82 Å². The van der Waals surface area contributed by atoms with E-state index in [4.69, 9.17) is 11.6 Å². The summed E-state index contributed by atoms with van der Waals surface area (Å²) in [4.78, 5) is 4.32. The number of benzene rings is 1. The predicted octanol–water partition coefficient (Wildman–Crippen LogP) is 2.72. The Labute approximate surface area is 111 Å². The number of aromatic nitrogens is 2. The van der Waals surface area contributed by atoms with Crippen LogP contribution in [-0.4, -0.2) is 16.6 Å². The van der Waals surface area contributed by atoms with Crippen LogP contribution in [0.15, 0.2) is 30.6 Å². The van der Waals surface area contributed by atoms with E-state index < -0.39 is 5.82 Å². The molecule has 0 bridgehead atoms. The molecule has 0 fully saturated rings. The first-order valence-corrected chi connectivity index (χ1v) is 6.08. The first kappa shape index (κ1) is 13.1. The molecular weight excluding hydrogens is 253 g/mol. The summed E-state index contributed by atoms with van der Waals surface area (Å²) in [5.41, 5.74) is 0.976. The molecule has 96 valence electrons. The molecule has 1 unspecified atom stereocenters. The zero-order chi connectivity index (χ0) is 13.1. The fourth-order valence-corrected chi connectivity index (χ4v) is 2.14. The summed E-state index contributed by atoms with van der Waals surface area (Å²) in [6.45, 7) is 0. The number of rotatable bonds is 4. The molecule has 2 rings (SSSR count). The fourth-order valence-electron chi connectivity index (χ4n) is 1.94. The number of nitrogens with one attached hydrogen (secondary N) is 1. The van der Waals surface area contributed by atoms with Gasteiger partial charge in [0.25, 0.3) is 0 Å². The fraction of sp³-hybridized carbons (Fsp3) is 0.308. The zero-order valence-corrected chi connectivity index (χ0v) is 11.1. The second-order valence-corrected chi connectivity index (χ2v) is 4.60. The highest BCUT2D eigenvalue weighted by molar-refractivity contribution is 6.30. The summed E-state index contributed by atoms with van der Waals surface area (Å²) in [6.07, 6.45) is 4.37. The van der Waals surface area contributed by atoms with E-state index >= 15 is 0 Å². The van der Waals surface area contributed by atoms with Gasteiger partial charge in [0.15, 0.2) is 0 Å². The van der Waals surface area contributed by atoms with Gasteiger partial charge in [0.05, 0.1) is 11.1 Å². The Kier molecular flexibility index (Phi) is 3.99. The lowest BCUT2D eigenvalue weighted by molar-refractivity contribution is 0.537. The Hall–Kier alpha value is -1.39. The van der Waals surface area contributed by atoms with Crippen LogP contribution < -0.4 is 5.32 Å². The van der Waals surface area contributed by atoms with Crippen molar-refractivity contribution in [2.75, 3.05) is 7.05 Å². The monoisotopic (exact) mass is 267 g/mol. The van der Waals surface area contributed by atoms with E-state index in [1.54, 1.807) is 18.3 Å². The van der Waals surface area contributed by atoms with Gasteiger partial charge in [0.2, 0.25) is 0 Å². The third kappa shape index (κ3) is 2.71. The van der Waals surface area contributed by atoms with Crippen LogP contribution in [0.5, 0.6) is 0 Å². The highest BCUT2D eigenvalue weighted by Crippen LogP contribution is 2.21. The smallest absolute Gasteiger partial charge is 0.141 e. The lowest BCUT2D eigenvalue weighted by atomic mass is 10.1. The lowest BCUT2D eigenvalue weighted by Gasteiger charge is -2.16. The van der Waals surface area contributed by atoms with E-state index in [1.165, 1.54) is 6.07 Å². The van der Waals surface area contributed by atoms with E-state index in [0.717, 1.165) is 11.4 Å². The van der Waals surface area contributed by atoms with Gasteiger partial charge in [-0.25, -0.2) is 9.37 Å². The highest BCUT2D eigenvalue weighted by Gasteiger charge is 2.15. The third-order valence-corrected chi connectivity index (χ3v) is 3.23. The van der Waals surface area contributed by atoms with Gasteiger partial charge in [-0.2, -0.15) is 0 Å². The molecule has 3 nitrogen and oxygen atoms in total. The largest absolute Gasteiger partial charge is 0.337 e. The van der Waals surface area contributed by atoms with Gasteiger partial charge in [-0.15, -0.1) is 0 Å². The summed E-state index contributed by atoms with van der Waals surface area (Å²) < 4.78 is 15.1. The van der Waals surface area contributed by atoms with Crippen LogP contribution in [0.4, 0.5) is 4.39 Å². The summed E-state index contributed by atoms with van der Waals surface area (Å²) in [5, 5.41) is 3.36. The molecule has 0 aliphatic carbocycles. The maximum Gasteiger partial charge on any atom is 0.141 e. The second kappa shape index (κ2) is 5.50. The number of nitrogens with zero attached hydrogens (tertiary/aromatic N) is 2. The van der Waals surface area contributed by atoms with Crippen molar-refractivity contribution in [2.45, 2.75) is 12.5 Å². The Bertz CT molecular complexity index is 539. The minimum atomic E-state index is -0.390. The van der Waals surface area contributed by atoms with E-state index in [9.17, 15) is 4.39 Å². The topological polar surface area (TPSA) is 29.9 Å². The number of likely N-dealkylation sites (N-methyl/N-ethyl adjacent to an activating group) is 1. The normalized spacial score (nSPS) is 12.7. The van der Waals surface area contributed by atoms with Gasteiger partial charge >= 0.3 is 0 Å². The van der Waals surface area contributed by atoms with E-state index in [0.29, 0.717) is 6.42 Å². The van der Waals surface area contributed by atoms with Crippen LogP contribution >= 0.6 is 11.6 Å². The van der Waals surface area contributed by atoms with Crippen molar-refractivity contribution in [1.82, 2.24) is 14.9 Å². The molecule has 5 heteroatoms. The van der Waals surface area contributed by atoms with Gasteiger partial charge < -0.3 is 9.88 Å². The van der Waals surface area contributed by atoms with Crippen molar-refractivity contribution in [3.8, 4) is 0 Å². The predicted molar refractivity (Wildman–Crippen MR) is 70.1 cm³/mol. The molecule has 0 radical (unpaired) electrons. The molecule has 0 amide bonds. The van der Waals surface area contributed by atoms with Crippen molar-refractivity contribution in [1.29, 1.82) is 0 Å². The molecule has 0 aliphatic heterocycles. The van der Waals surface area contributed by atoms with Crippen LogP contribution in [0.2, 0.25) is 5.02 Å². The summed E-state index contributed by atoms with van der Waals surface area (Å²) in [5.74, 6) is 0.552. The molecule has 18 heavy (non-hydrogen) atoms. The summed E-state index contributed by atoms with van der Waals surface area (Å²) in [6, 6.07) is 4.87. The zero-order valence-electron chi connectivity index (χ0n) is 10.3. The Balaban J connectivity index is 2.20. The molecule has 0 saturated heterocycles. The van der Waals surface area contributed by atoms with Crippen LogP contribution in [-0.2, 0) is 13.5 Å². The van der Waals surface area contributed by atoms with Gasteiger partial charge in [-0.1, -0.05) is 17.7 Å². The lowest BCUT2D eigenvalue weighted by Crippen LogP contribution is -2.22. The molecule has 2 aromatic rings. The Morgan fingerprint density at radius 1 is 1.50 bits per heavy atom. The van der Waals surface area contributed by atoms with Crippen molar-refractivity contribution < 1.29 is 4.39 Å². The van der Waals surface area contributed by atoms with Crippen LogP contribution in [0.3, 0.4) is 0 Å². The number of imidazole rings is 1. The van der Waals surface area contributed by atoms with Crippen molar-refractivity contribution in [2.24, 2.45) is 7.05 Å². The first-order valence-electron chi connectivity index (χ1n) is 5.70. The molecule has 1 aromatic heterocycles. The molecule has 0 saturated carbocycles. The molecule has 1 atom stereocenters. The van der Waals surface area contributed by atoms with Gasteiger partial charge in [-0.05, 0) is 31.2 Å².